The Morgan fingerprint density at radius 3 is 2.94 bits per heavy atom. The quantitative estimate of drug-likeness (QED) is 0.870. The topological polar surface area (TPSA) is 48.2 Å². The van der Waals surface area contributed by atoms with Crippen LogP contribution in [0.3, 0.4) is 0 Å². The maximum atomic E-state index is 13.2. The predicted molar refractivity (Wildman–Crippen MR) is 62.1 cm³/mol. The van der Waals surface area contributed by atoms with Gasteiger partial charge in [-0.3, -0.25) is 0 Å². The average Bonchev–Trinajstić information content (AvgIpc) is 2.79. The molecule has 4 nitrogen and oxygen atoms in total. The summed E-state index contributed by atoms with van der Waals surface area (Å²) in [6.07, 6.45) is 0.680. The van der Waals surface area contributed by atoms with E-state index < -0.39 is 0 Å². The molecule has 1 aromatic carbocycles. The Balaban J connectivity index is 1.99. The van der Waals surface area contributed by atoms with E-state index in [-0.39, 0.29) is 12.4 Å². The fourth-order valence-corrected chi connectivity index (χ4v) is 1.45. The van der Waals surface area contributed by atoms with Crippen LogP contribution in [0, 0.1) is 5.82 Å². The smallest absolute Gasteiger partial charge is 0.226 e. The van der Waals surface area contributed by atoms with Gasteiger partial charge in [-0.2, -0.15) is 4.98 Å². The molecule has 1 aromatic heterocycles. The van der Waals surface area contributed by atoms with Gasteiger partial charge in [0.15, 0.2) is 6.61 Å². The molecule has 0 bridgehead atoms. The predicted octanol–water partition coefficient (Wildman–Crippen LogP) is 3.11. The molecule has 0 saturated heterocycles. The van der Waals surface area contributed by atoms with E-state index in [2.05, 4.69) is 26.1 Å². The van der Waals surface area contributed by atoms with E-state index in [9.17, 15) is 4.39 Å². The standard InChI is InChI=1S/C11H10BrFN2O2/c1-2-11-14-10(15-17-11)6-16-7-3-4-8(12)9(13)5-7/h3-5H,2,6H2,1H3. The van der Waals surface area contributed by atoms with Crippen LogP contribution in [0.1, 0.15) is 18.6 Å². The van der Waals surface area contributed by atoms with Crippen LogP contribution in [0.5, 0.6) is 5.75 Å². The van der Waals surface area contributed by atoms with Crippen LogP contribution in [0.4, 0.5) is 4.39 Å². The van der Waals surface area contributed by atoms with Gasteiger partial charge in [0.2, 0.25) is 11.7 Å². The van der Waals surface area contributed by atoms with E-state index in [1.165, 1.54) is 6.07 Å². The number of halogens is 2. The van der Waals surface area contributed by atoms with Crippen molar-refractivity contribution in [2.24, 2.45) is 0 Å². The highest BCUT2D eigenvalue weighted by molar-refractivity contribution is 9.10. The van der Waals surface area contributed by atoms with Gasteiger partial charge < -0.3 is 9.26 Å². The second-order valence-electron chi connectivity index (χ2n) is 3.32. The third-order valence-corrected chi connectivity index (χ3v) is 2.71. The first kappa shape index (κ1) is 12.0. The SMILES string of the molecule is CCc1nc(COc2ccc(Br)c(F)c2)no1. The minimum absolute atomic E-state index is 0.157. The second kappa shape index (κ2) is 5.27. The zero-order valence-electron chi connectivity index (χ0n) is 9.11. The van der Waals surface area contributed by atoms with Gasteiger partial charge in [-0.15, -0.1) is 0 Å². The molecular weight excluding hydrogens is 291 g/mol. The molecule has 90 valence electrons. The van der Waals surface area contributed by atoms with Gasteiger partial charge in [-0.05, 0) is 28.1 Å². The van der Waals surface area contributed by atoms with Gasteiger partial charge in [0, 0.05) is 12.5 Å². The Labute approximate surface area is 106 Å². The Morgan fingerprint density at radius 1 is 1.47 bits per heavy atom. The summed E-state index contributed by atoms with van der Waals surface area (Å²) in [6, 6.07) is 4.54. The van der Waals surface area contributed by atoms with Crippen molar-refractivity contribution in [1.82, 2.24) is 10.1 Å². The molecule has 0 saturated carbocycles. The summed E-state index contributed by atoms with van der Waals surface area (Å²) in [4.78, 5) is 4.08. The van der Waals surface area contributed by atoms with Gasteiger partial charge >= 0.3 is 0 Å². The van der Waals surface area contributed by atoms with Crippen molar-refractivity contribution in [2.75, 3.05) is 0 Å². The first-order chi connectivity index (χ1) is 8.19. The molecule has 0 radical (unpaired) electrons. The molecule has 0 amide bonds. The lowest BCUT2D eigenvalue weighted by molar-refractivity contribution is 0.284. The van der Waals surface area contributed by atoms with Crippen molar-refractivity contribution < 1.29 is 13.7 Å². The second-order valence-corrected chi connectivity index (χ2v) is 4.18. The fourth-order valence-electron chi connectivity index (χ4n) is 1.21. The third-order valence-electron chi connectivity index (χ3n) is 2.07. The lowest BCUT2D eigenvalue weighted by atomic mass is 10.3. The molecule has 0 aliphatic carbocycles. The minimum atomic E-state index is -0.371. The number of benzene rings is 1. The zero-order chi connectivity index (χ0) is 12.3. The summed E-state index contributed by atoms with van der Waals surface area (Å²) in [5.74, 6) is 1.06. The van der Waals surface area contributed by atoms with Crippen LogP contribution in [-0.2, 0) is 13.0 Å². The molecule has 17 heavy (non-hydrogen) atoms. The van der Waals surface area contributed by atoms with Crippen molar-refractivity contribution in [1.29, 1.82) is 0 Å². The molecule has 0 fully saturated rings. The van der Waals surface area contributed by atoms with Gasteiger partial charge in [-0.1, -0.05) is 12.1 Å². The third kappa shape index (κ3) is 3.03. The number of aromatic nitrogens is 2. The highest BCUT2D eigenvalue weighted by Gasteiger charge is 2.06. The molecule has 0 atom stereocenters. The molecular formula is C11H10BrFN2O2. The summed E-state index contributed by atoms with van der Waals surface area (Å²) in [5, 5.41) is 3.73. The Morgan fingerprint density at radius 2 is 2.29 bits per heavy atom. The van der Waals surface area contributed by atoms with E-state index in [1.54, 1.807) is 12.1 Å². The van der Waals surface area contributed by atoms with Crippen molar-refractivity contribution >= 4 is 15.9 Å². The molecule has 0 unspecified atom stereocenters. The Bertz CT molecular complexity index is 516. The van der Waals surface area contributed by atoms with Crippen molar-refractivity contribution in [3.05, 3.63) is 40.2 Å². The fraction of sp³-hybridized carbons (Fsp3) is 0.273. The van der Waals surface area contributed by atoms with Gasteiger partial charge in [0.25, 0.3) is 0 Å². The highest BCUT2D eigenvalue weighted by atomic mass is 79.9. The summed E-state index contributed by atoms with van der Waals surface area (Å²) >= 11 is 3.07. The molecule has 1 heterocycles. The van der Waals surface area contributed by atoms with Crippen molar-refractivity contribution in [2.45, 2.75) is 20.0 Å². The number of nitrogens with zero attached hydrogens (tertiary/aromatic N) is 2. The molecule has 2 aromatic rings. The minimum Gasteiger partial charge on any atom is -0.485 e. The maximum absolute atomic E-state index is 13.2. The number of aryl methyl sites for hydroxylation is 1. The van der Waals surface area contributed by atoms with Gasteiger partial charge in [-0.25, -0.2) is 4.39 Å². The molecule has 2 rings (SSSR count). The Hall–Kier alpha value is -1.43. The highest BCUT2D eigenvalue weighted by Crippen LogP contribution is 2.21. The number of hydrogen-bond acceptors (Lipinski definition) is 4. The maximum Gasteiger partial charge on any atom is 0.226 e. The number of hydrogen-bond donors (Lipinski definition) is 0. The van der Waals surface area contributed by atoms with E-state index >= 15 is 0 Å². The zero-order valence-corrected chi connectivity index (χ0v) is 10.7. The van der Waals surface area contributed by atoms with Crippen LogP contribution in [0.15, 0.2) is 27.2 Å². The van der Waals surface area contributed by atoms with E-state index in [1.807, 2.05) is 6.92 Å². The van der Waals surface area contributed by atoms with Crippen LogP contribution in [0.25, 0.3) is 0 Å². The Kier molecular flexibility index (Phi) is 3.73. The lowest BCUT2D eigenvalue weighted by Crippen LogP contribution is -1.98. The molecule has 0 aliphatic rings. The largest absolute Gasteiger partial charge is 0.485 e. The summed E-state index contributed by atoms with van der Waals surface area (Å²) < 4.78 is 23.8. The van der Waals surface area contributed by atoms with Crippen LogP contribution >= 0.6 is 15.9 Å². The lowest BCUT2D eigenvalue weighted by Gasteiger charge is -2.03. The van der Waals surface area contributed by atoms with E-state index in [0.29, 0.717) is 28.4 Å². The molecule has 0 aliphatic heterocycles. The van der Waals surface area contributed by atoms with Crippen LogP contribution in [0.2, 0.25) is 0 Å². The van der Waals surface area contributed by atoms with Crippen LogP contribution < -0.4 is 4.74 Å². The van der Waals surface area contributed by atoms with Gasteiger partial charge in [0.1, 0.15) is 11.6 Å². The first-order valence-corrected chi connectivity index (χ1v) is 5.87. The first-order valence-electron chi connectivity index (χ1n) is 5.08. The summed E-state index contributed by atoms with van der Waals surface area (Å²) in [6.45, 7) is 2.08. The van der Waals surface area contributed by atoms with Crippen LogP contribution in [-0.4, -0.2) is 10.1 Å². The average molecular weight is 301 g/mol. The summed E-state index contributed by atoms with van der Waals surface area (Å²) in [5.41, 5.74) is 0. The molecule has 0 N–H and O–H groups in total. The van der Waals surface area contributed by atoms with E-state index in [4.69, 9.17) is 9.26 Å². The monoisotopic (exact) mass is 300 g/mol. The normalized spacial score (nSPS) is 10.5. The molecule has 0 spiro atoms. The summed E-state index contributed by atoms with van der Waals surface area (Å²) in [7, 11) is 0. The van der Waals surface area contributed by atoms with Crippen molar-refractivity contribution in [3.63, 3.8) is 0 Å². The number of ether oxygens (including phenoxy) is 1. The van der Waals surface area contributed by atoms with Crippen molar-refractivity contribution in [3.8, 4) is 5.75 Å². The molecule has 6 heteroatoms. The van der Waals surface area contributed by atoms with Gasteiger partial charge in [0.05, 0.1) is 4.47 Å². The van der Waals surface area contributed by atoms with E-state index in [0.717, 1.165) is 0 Å². The number of rotatable bonds is 4.